The van der Waals surface area contributed by atoms with Crippen LogP contribution >= 0.6 is 0 Å². The predicted octanol–water partition coefficient (Wildman–Crippen LogP) is 2.10. The monoisotopic (exact) mass is 342 g/mol. The topological polar surface area (TPSA) is 78.3 Å². The van der Waals surface area contributed by atoms with Crippen molar-refractivity contribution in [3.63, 3.8) is 0 Å². The Labute approximate surface area is 149 Å². The molecule has 1 aromatic heterocycles. The molecule has 0 aromatic carbocycles. The van der Waals surface area contributed by atoms with Crippen molar-refractivity contribution in [2.75, 3.05) is 20.1 Å². The molecule has 2 fully saturated rings. The number of nitriles is 1. The van der Waals surface area contributed by atoms with Gasteiger partial charge in [0.15, 0.2) is 0 Å². The summed E-state index contributed by atoms with van der Waals surface area (Å²) in [5, 5.41) is 12.0. The molecule has 2 aliphatic rings. The number of nitrogens with zero attached hydrogens (tertiary/aromatic N) is 3. The van der Waals surface area contributed by atoms with E-state index in [1.807, 2.05) is 0 Å². The highest BCUT2D eigenvalue weighted by Crippen LogP contribution is 2.24. The van der Waals surface area contributed by atoms with E-state index in [-0.39, 0.29) is 24.0 Å². The SMILES string of the molecule is CN1CCCC(C(=O)NC2CCC(Oc3ccc(C#N)cn3)CC2)C1. The molecule has 134 valence electrons. The predicted molar refractivity (Wildman–Crippen MR) is 94.0 cm³/mol. The third-order valence-corrected chi connectivity index (χ3v) is 5.17. The Morgan fingerprint density at radius 2 is 2.12 bits per heavy atom. The zero-order valence-corrected chi connectivity index (χ0v) is 14.8. The minimum absolute atomic E-state index is 0.134. The van der Waals surface area contributed by atoms with E-state index in [2.05, 4.69) is 28.3 Å². The molecule has 1 aliphatic heterocycles. The molecule has 0 spiro atoms. The number of piperidine rings is 1. The number of ether oxygens (including phenoxy) is 1. The van der Waals surface area contributed by atoms with Crippen LogP contribution in [0, 0.1) is 17.2 Å². The molecule has 1 atom stereocenters. The molecule has 25 heavy (non-hydrogen) atoms. The van der Waals surface area contributed by atoms with Gasteiger partial charge in [-0.3, -0.25) is 4.79 Å². The van der Waals surface area contributed by atoms with Crippen LogP contribution in [0.5, 0.6) is 5.88 Å². The maximum atomic E-state index is 12.4. The number of hydrogen-bond acceptors (Lipinski definition) is 5. The van der Waals surface area contributed by atoms with Crippen LogP contribution in [0.3, 0.4) is 0 Å². The molecule has 6 nitrogen and oxygen atoms in total. The summed E-state index contributed by atoms with van der Waals surface area (Å²) in [6, 6.07) is 5.77. The molecule has 0 bridgehead atoms. The van der Waals surface area contributed by atoms with Gasteiger partial charge in [0.05, 0.1) is 11.5 Å². The summed E-state index contributed by atoms with van der Waals surface area (Å²) < 4.78 is 5.90. The minimum Gasteiger partial charge on any atom is -0.474 e. The van der Waals surface area contributed by atoms with Crippen LogP contribution in [0.15, 0.2) is 18.3 Å². The standard InChI is InChI=1S/C19H26N4O2/c1-23-10-2-3-15(13-23)19(24)22-16-5-7-17(8-6-16)25-18-9-4-14(11-20)12-21-18/h4,9,12,15-17H,2-3,5-8,10,13H2,1H3,(H,22,24). The molecule has 1 aromatic rings. The number of pyridine rings is 1. The lowest BCUT2D eigenvalue weighted by atomic mass is 9.91. The number of rotatable bonds is 4. The van der Waals surface area contributed by atoms with Crippen molar-refractivity contribution < 1.29 is 9.53 Å². The van der Waals surface area contributed by atoms with Gasteiger partial charge in [0.1, 0.15) is 12.2 Å². The average Bonchev–Trinajstić information content (AvgIpc) is 2.64. The van der Waals surface area contributed by atoms with Crippen LogP contribution < -0.4 is 10.1 Å². The highest BCUT2D eigenvalue weighted by Gasteiger charge is 2.28. The summed E-state index contributed by atoms with van der Waals surface area (Å²) >= 11 is 0. The number of hydrogen-bond donors (Lipinski definition) is 1. The maximum Gasteiger partial charge on any atom is 0.224 e. The van der Waals surface area contributed by atoms with Crippen LogP contribution in [-0.4, -0.2) is 48.1 Å². The van der Waals surface area contributed by atoms with Crippen LogP contribution in [-0.2, 0) is 4.79 Å². The smallest absolute Gasteiger partial charge is 0.224 e. The van der Waals surface area contributed by atoms with E-state index < -0.39 is 0 Å². The van der Waals surface area contributed by atoms with Gasteiger partial charge in [-0.15, -0.1) is 0 Å². The second kappa shape index (κ2) is 8.30. The molecule has 1 saturated carbocycles. The number of amides is 1. The van der Waals surface area contributed by atoms with Crippen molar-refractivity contribution in [3.8, 4) is 11.9 Å². The van der Waals surface area contributed by atoms with E-state index in [0.717, 1.165) is 51.6 Å². The maximum absolute atomic E-state index is 12.4. The first-order valence-electron chi connectivity index (χ1n) is 9.16. The van der Waals surface area contributed by atoms with Gasteiger partial charge in [-0.2, -0.15) is 5.26 Å². The van der Waals surface area contributed by atoms with E-state index >= 15 is 0 Å². The number of aromatic nitrogens is 1. The number of carbonyl (C=O) groups is 1. The lowest BCUT2D eigenvalue weighted by Crippen LogP contribution is -2.46. The fraction of sp³-hybridized carbons (Fsp3) is 0.632. The third-order valence-electron chi connectivity index (χ3n) is 5.17. The summed E-state index contributed by atoms with van der Waals surface area (Å²) in [6.45, 7) is 1.96. The van der Waals surface area contributed by atoms with E-state index in [0.29, 0.717) is 11.4 Å². The Morgan fingerprint density at radius 1 is 1.32 bits per heavy atom. The van der Waals surface area contributed by atoms with Gasteiger partial charge in [0, 0.05) is 24.8 Å². The van der Waals surface area contributed by atoms with Crippen molar-refractivity contribution in [3.05, 3.63) is 23.9 Å². The number of likely N-dealkylation sites (tertiary alicyclic amines) is 1. The third kappa shape index (κ3) is 4.93. The molecule has 6 heteroatoms. The summed E-state index contributed by atoms with van der Waals surface area (Å²) in [6.07, 6.45) is 7.47. The van der Waals surface area contributed by atoms with E-state index in [1.54, 1.807) is 12.1 Å². The summed E-state index contributed by atoms with van der Waals surface area (Å²) in [5.41, 5.74) is 0.534. The zero-order valence-electron chi connectivity index (χ0n) is 14.8. The molecule has 1 unspecified atom stereocenters. The molecular formula is C19H26N4O2. The largest absolute Gasteiger partial charge is 0.474 e. The number of carbonyl (C=O) groups excluding carboxylic acids is 1. The lowest BCUT2D eigenvalue weighted by molar-refractivity contribution is -0.127. The van der Waals surface area contributed by atoms with Gasteiger partial charge < -0.3 is 15.0 Å². The Morgan fingerprint density at radius 3 is 2.76 bits per heavy atom. The van der Waals surface area contributed by atoms with Crippen LogP contribution in [0.4, 0.5) is 0 Å². The summed E-state index contributed by atoms with van der Waals surface area (Å²) in [4.78, 5) is 18.8. The van der Waals surface area contributed by atoms with Crippen molar-refractivity contribution in [1.82, 2.24) is 15.2 Å². The van der Waals surface area contributed by atoms with Gasteiger partial charge in [-0.05, 0) is 58.2 Å². The van der Waals surface area contributed by atoms with Gasteiger partial charge >= 0.3 is 0 Å². The molecule has 2 heterocycles. The molecule has 1 N–H and O–H groups in total. The lowest BCUT2D eigenvalue weighted by Gasteiger charge is -2.32. The highest BCUT2D eigenvalue weighted by atomic mass is 16.5. The molecule has 1 amide bonds. The Bertz CT molecular complexity index is 617. The van der Waals surface area contributed by atoms with E-state index in [1.165, 1.54) is 6.20 Å². The Hall–Kier alpha value is -2.13. The first-order chi connectivity index (χ1) is 12.1. The first kappa shape index (κ1) is 17.7. The summed E-state index contributed by atoms with van der Waals surface area (Å²) in [7, 11) is 2.08. The molecular weight excluding hydrogens is 316 g/mol. The molecule has 1 saturated heterocycles. The van der Waals surface area contributed by atoms with Crippen molar-refractivity contribution >= 4 is 5.91 Å². The Kier molecular flexibility index (Phi) is 5.87. The van der Waals surface area contributed by atoms with E-state index in [9.17, 15) is 4.79 Å². The zero-order chi connectivity index (χ0) is 17.6. The van der Waals surface area contributed by atoms with E-state index in [4.69, 9.17) is 10.00 Å². The van der Waals surface area contributed by atoms with Gasteiger partial charge in [-0.1, -0.05) is 0 Å². The average molecular weight is 342 g/mol. The van der Waals surface area contributed by atoms with Crippen LogP contribution in [0.1, 0.15) is 44.1 Å². The molecule has 3 rings (SSSR count). The van der Waals surface area contributed by atoms with Crippen molar-refractivity contribution in [2.45, 2.75) is 50.7 Å². The minimum atomic E-state index is 0.134. The quantitative estimate of drug-likeness (QED) is 0.906. The fourth-order valence-electron chi connectivity index (χ4n) is 3.71. The van der Waals surface area contributed by atoms with Crippen LogP contribution in [0.2, 0.25) is 0 Å². The molecule has 1 aliphatic carbocycles. The summed E-state index contributed by atoms with van der Waals surface area (Å²) in [5.74, 6) is 0.914. The Balaban J connectivity index is 1.42. The van der Waals surface area contributed by atoms with Crippen molar-refractivity contribution in [1.29, 1.82) is 5.26 Å². The fourth-order valence-corrected chi connectivity index (χ4v) is 3.71. The second-order valence-corrected chi connectivity index (χ2v) is 7.20. The number of nitrogens with one attached hydrogen (secondary N) is 1. The van der Waals surface area contributed by atoms with Gasteiger partial charge in [0.2, 0.25) is 11.8 Å². The van der Waals surface area contributed by atoms with Gasteiger partial charge in [0.25, 0.3) is 0 Å². The van der Waals surface area contributed by atoms with Gasteiger partial charge in [-0.25, -0.2) is 4.98 Å². The van der Waals surface area contributed by atoms with Crippen molar-refractivity contribution in [2.24, 2.45) is 5.92 Å². The second-order valence-electron chi connectivity index (χ2n) is 7.20. The normalized spacial score (nSPS) is 27.3. The highest BCUT2D eigenvalue weighted by molar-refractivity contribution is 5.79. The first-order valence-corrected chi connectivity index (χ1v) is 9.16. The van der Waals surface area contributed by atoms with Crippen LogP contribution in [0.25, 0.3) is 0 Å². The molecule has 0 radical (unpaired) electrons.